The lowest BCUT2D eigenvalue weighted by molar-refractivity contribution is -0.151. The van der Waals surface area contributed by atoms with E-state index in [0.717, 1.165) is 11.4 Å². The summed E-state index contributed by atoms with van der Waals surface area (Å²) in [6, 6.07) is 5.65. The van der Waals surface area contributed by atoms with Crippen LogP contribution in [-0.2, 0) is 9.53 Å². The maximum absolute atomic E-state index is 11.9. The number of ether oxygens (including phenoxy) is 1. The predicted octanol–water partition coefficient (Wildman–Crippen LogP) is 2.36. The molecule has 1 unspecified atom stereocenters. The van der Waals surface area contributed by atoms with Crippen LogP contribution < -0.4 is 0 Å². The van der Waals surface area contributed by atoms with Crippen molar-refractivity contribution in [2.45, 2.75) is 20.3 Å². The van der Waals surface area contributed by atoms with Crippen LogP contribution in [0.3, 0.4) is 0 Å². The molecule has 2 rings (SSSR count). The first-order valence-electron chi connectivity index (χ1n) is 5.99. The van der Waals surface area contributed by atoms with E-state index in [2.05, 4.69) is 9.98 Å². The fourth-order valence-electron chi connectivity index (χ4n) is 1.87. The number of esters is 1. The molecule has 0 saturated heterocycles. The fourth-order valence-corrected chi connectivity index (χ4v) is 1.87. The summed E-state index contributed by atoms with van der Waals surface area (Å²) >= 11 is 0. The van der Waals surface area contributed by atoms with Crippen molar-refractivity contribution in [3.05, 3.63) is 42.4 Å². The zero-order valence-corrected chi connectivity index (χ0v) is 10.6. The SMILES string of the molecule is CCOC(=O)C1(C)C=CN=C(c2ccccn2)C1. The van der Waals surface area contributed by atoms with Crippen molar-refractivity contribution in [2.75, 3.05) is 6.61 Å². The number of aromatic nitrogens is 1. The molecule has 0 saturated carbocycles. The Morgan fingerprint density at radius 1 is 1.50 bits per heavy atom. The second kappa shape index (κ2) is 5.12. The molecule has 0 N–H and O–H groups in total. The molecule has 1 aliphatic rings. The smallest absolute Gasteiger partial charge is 0.316 e. The first kappa shape index (κ1) is 12.5. The molecule has 0 amide bonds. The van der Waals surface area contributed by atoms with E-state index in [1.54, 1.807) is 18.5 Å². The van der Waals surface area contributed by atoms with Crippen LogP contribution in [0.2, 0.25) is 0 Å². The molecule has 4 heteroatoms. The molecular weight excluding hydrogens is 228 g/mol. The van der Waals surface area contributed by atoms with Gasteiger partial charge in [-0.1, -0.05) is 6.07 Å². The van der Waals surface area contributed by atoms with Crippen molar-refractivity contribution in [3.8, 4) is 0 Å². The maximum atomic E-state index is 11.9. The average molecular weight is 244 g/mol. The number of carbonyl (C=O) groups is 1. The van der Waals surface area contributed by atoms with Crippen LogP contribution >= 0.6 is 0 Å². The summed E-state index contributed by atoms with van der Waals surface area (Å²) in [5.74, 6) is -0.218. The molecule has 1 atom stereocenters. The van der Waals surface area contributed by atoms with Gasteiger partial charge in [-0.05, 0) is 32.1 Å². The van der Waals surface area contributed by atoms with Gasteiger partial charge < -0.3 is 4.74 Å². The van der Waals surface area contributed by atoms with Gasteiger partial charge in [0.05, 0.1) is 23.4 Å². The van der Waals surface area contributed by atoms with E-state index in [-0.39, 0.29) is 5.97 Å². The molecule has 0 aromatic carbocycles. The van der Waals surface area contributed by atoms with E-state index in [0.29, 0.717) is 13.0 Å². The van der Waals surface area contributed by atoms with Gasteiger partial charge in [0.1, 0.15) is 0 Å². The van der Waals surface area contributed by atoms with E-state index in [9.17, 15) is 4.79 Å². The monoisotopic (exact) mass is 244 g/mol. The summed E-state index contributed by atoms with van der Waals surface area (Å²) in [4.78, 5) is 20.5. The first-order chi connectivity index (χ1) is 8.65. The summed E-state index contributed by atoms with van der Waals surface area (Å²) in [6.07, 6.45) is 5.68. The maximum Gasteiger partial charge on any atom is 0.316 e. The lowest BCUT2D eigenvalue weighted by Crippen LogP contribution is -2.32. The average Bonchev–Trinajstić information content (AvgIpc) is 2.40. The number of aliphatic imine (C=N–C) groups is 1. The third-order valence-corrected chi connectivity index (χ3v) is 2.91. The van der Waals surface area contributed by atoms with Gasteiger partial charge in [-0.25, -0.2) is 0 Å². The second-order valence-corrected chi connectivity index (χ2v) is 4.42. The van der Waals surface area contributed by atoms with Gasteiger partial charge in [0.25, 0.3) is 0 Å². The van der Waals surface area contributed by atoms with Gasteiger partial charge in [-0.2, -0.15) is 0 Å². The Bertz CT molecular complexity index is 494. The molecule has 4 nitrogen and oxygen atoms in total. The summed E-state index contributed by atoms with van der Waals surface area (Å²) in [7, 11) is 0. The molecule has 0 fully saturated rings. The zero-order valence-electron chi connectivity index (χ0n) is 10.6. The number of rotatable bonds is 3. The second-order valence-electron chi connectivity index (χ2n) is 4.42. The molecule has 0 radical (unpaired) electrons. The van der Waals surface area contributed by atoms with Crippen molar-refractivity contribution >= 4 is 11.7 Å². The van der Waals surface area contributed by atoms with Gasteiger partial charge in [-0.3, -0.25) is 14.8 Å². The van der Waals surface area contributed by atoms with Crippen LogP contribution in [0.1, 0.15) is 26.0 Å². The number of nitrogens with zero attached hydrogens (tertiary/aromatic N) is 2. The van der Waals surface area contributed by atoms with Gasteiger partial charge in [0.15, 0.2) is 0 Å². The third-order valence-electron chi connectivity index (χ3n) is 2.91. The topological polar surface area (TPSA) is 51.5 Å². The van der Waals surface area contributed by atoms with E-state index in [4.69, 9.17) is 4.74 Å². The standard InChI is InChI=1S/C14H16N2O2/c1-3-18-13(17)14(2)7-9-16-12(10-14)11-6-4-5-8-15-11/h4-9H,3,10H2,1-2H3. The number of carbonyl (C=O) groups excluding carboxylic acids is 1. The first-order valence-corrected chi connectivity index (χ1v) is 5.99. The van der Waals surface area contributed by atoms with Crippen LogP contribution in [0.15, 0.2) is 41.7 Å². The summed E-state index contributed by atoms with van der Waals surface area (Å²) in [6.45, 7) is 4.05. The van der Waals surface area contributed by atoms with Crippen molar-refractivity contribution in [1.82, 2.24) is 4.98 Å². The Kier molecular flexibility index (Phi) is 3.55. The molecule has 18 heavy (non-hydrogen) atoms. The molecular formula is C14H16N2O2. The molecule has 94 valence electrons. The minimum absolute atomic E-state index is 0.218. The number of hydrogen-bond donors (Lipinski definition) is 0. The Morgan fingerprint density at radius 2 is 2.33 bits per heavy atom. The Morgan fingerprint density at radius 3 is 3.00 bits per heavy atom. The molecule has 1 aliphatic heterocycles. The lowest BCUT2D eigenvalue weighted by atomic mass is 9.82. The van der Waals surface area contributed by atoms with Crippen molar-refractivity contribution in [3.63, 3.8) is 0 Å². The van der Waals surface area contributed by atoms with E-state index >= 15 is 0 Å². The molecule has 2 heterocycles. The van der Waals surface area contributed by atoms with Crippen LogP contribution in [0.4, 0.5) is 0 Å². The van der Waals surface area contributed by atoms with Gasteiger partial charge in [-0.15, -0.1) is 0 Å². The largest absolute Gasteiger partial charge is 0.465 e. The van der Waals surface area contributed by atoms with E-state index < -0.39 is 5.41 Å². The van der Waals surface area contributed by atoms with Crippen LogP contribution in [-0.4, -0.2) is 23.3 Å². The van der Waals surface area contributed by atoms with Gasteiger partial charge in [0, 0.05) is 18.8 Å². The zero-order chi connectivity index (χ0) is 13.0. The van der Waals surface area contributed by atoms with Gasteiger partial charge in [0.2, 0.25) is 0 Å². The van der Waals surface area contributed by atoms with Gasteiger partial charge >= 0.3 is 5.97 Å². The van der Waals surface area contributed by atoms with Crippen LogP contribution in [0, 0.1) is 5.41 Å². The molecule has 1 aromatic rings. The number of hydrogen-bond acceptors (Lipinski definition) is 4. The Labute approximate surface area is 106 Å². The quantitative estimate of drug-likeness (QED) is 0.767. The van der Waals surface area contributed by atoms with E-state index in [1.807, 2.05) is 32.0 Å². The van der Waals surface area contributed by atoms with Crippen LogP contribution in [0.25, 0.3) is 0 Å². The summed E-state index contributed by atoms with van der Waals surface area (Å²) in [5.41, 5.74) is 0.968. The molecule has 1 aromatic heterocycles. The van der Waals surface area contributed by atoms with E-state index in [1.165, 1.54) is 0 Å². The highest BCUT2D eigenvalue weighted by molar-refractivity contribution is 6.03. The van der Waals surface area contributed by atoms with Crippen molar-refractivity contribution in [2.24, 2.45) is 10.4 Å². The highest BCUT2D eigenvalue weighted by Gasteiger charge is 2.35. The predicted molar refractivity (Wildman–Crippen MR) is 69.3 cm³/mol. The summed E-state index contributed by atoms with van der Waals surface area (Å²) < 4.78 is 5.10. The third kappa shape index (κ3) is 2.47. The minimum atomic E-state index is -0.648. The lowest BCUT2D eigenvalue weighted by Gasteiger charge is -2.26. The Balaban J connectivity index is 2.21. The number of pyridine rings is 1. The van der Waals surface area contributed by atoms with Crippen LogP contribution in [0.5, 0.6) is 0 Å². The molecule has 0 bridgehead atoms. The van der Waals surface area contributed by atoms with Crippen molar-refractivity contribution in [1.29, 1.82) is 0 Å². The molecule has 0 spiro atoms. The normalized spacial score (nSPS) is 22.4. The summed E-state index contributed by atoms with van der Waals surface area (Å²) in [5, 5.41) is 0. The highest BCUT2D eigenvalue weighted by Crippen LogP contribution is 2.30. The molecule has 0 aliphatic carbocycles. The fraction of sp³-hybridized carbons (Fsp3) is 0.357. The van der Waals surface area contributed by atoms with Crippen molar-refractivity contribution < 1.29 is 9.53 Å². The highest BCUT2D eigenvalue weighted by atomic mass is 16.5. The Hall–Kier alpha value is -1.97. The minimum Gasteiger partial charge on any atom is -0.465 e.